The van der Waals surface area contributed by atoms with Gasteiger partial charge in [0.15, 0.2) is 11.5 Å². The molecule has 4 heteroatoms. The summed E-state index contributed by atoms with van der Waals surface area (Å²) in [5.74, 6) is 0.619. The highest BCUT2D eigenvalue weighted by Crippen LogP contribution is 2.25. The molecule has 78 valence electrons. The lowest BCUT2D eigenvalue weighted by molar-refractivity contribution is 0.0463. The summed E-state index contributed by atoms with van der Waals surface area (Å²) in [5, 5.41) is 9.33. The summed E-state index contributed by atoms with van der Waals surface area (Å²) < 4.78 is 4.97. The summed E-state index contributed by atoms with van der Waals surface area (Å²) in [6, 6.07) is 5.17. The smallest absolute Gasteiger partial charge is 0.160 e. The number of rotatable bonds is 5. The number of hydroxylamine groups is 1. The van der Waals surface area contributed by atoms with E-state index < -0.39 is 0 Å². The molecule has 0 saturated carbocycles. The minimum atomic E-state index is 0.146. The Hall–Kier alpha value is -1.26. The van der Waals surface area contributed by atoms with Crippen LogP contribution in [0.15, 0.2) is 18.2 Å². The van der Waals surface area contributed by atoms with Gasteiger partial charge < -0.3 is 14.7 Å². The lowest BCUT2D eigenvalue weighted by Gasteiger charge is -2.07. The highest BCUT2D eigenvalue weighted by Gasteiger charge is 2.01. The van der Waals surface area contributed by atoms with E-state index in [1.54, 1.807) is 12.1 Å². The van der Waals surface area contributed by atoms with Crippen molar-refractivity contribution in [3.63, 3.8) is 0 Å². The second-order valence-corrected chi connectivity index (χ2v) is 2.76. The molecule has 0 bridgehead atoms. The summed E-state index contributed by atoms with van der Waals surface area (Å²) in [5.41, 5.74) is 3.78. The molecule has 1 aromatic rings. The van der Waals surface area contributed by atoms with Gasteiger partial charge in [-0.15, -0.1) is 0 Å². The zero-order valence-corrected chi connectivity index (χ0v) is 8.41. The predicted molar refractivity (Wildman–Crippen MR) is 53.1 cm³/mol. The SMILES string of the molecule is CCONCc1ccc(O)c(OC)c1. The Morgan fingerprint density at radius 3 is 2.86 bits per heavy atom. The minimum absolute atomic E-state index is 0.146. The van der Waals surface area contributed by atoms with Gasteiger partial charge in [0.1, 0.15) is 0 Å². The Balaban J connectivity index is 2.60. The van der Waals surface area contributed by atoms with Gasteiger partial charge in [0.05, 0.1) is 13.7 Å². The van der Waals surface area contributed by atoms with Crippen LogP contribution in [-0.4, -0.2) is 18.8 Å². The van der Waals surface area contributed by atoms with Crippen LogP contribution in [0.4, 0.5) is 0 Å². The highest BCUT2D eigenvalue weighted by atomic mass is 16.6. The second kappa shape index (κ2) is 5.47. The van der Waals surface area contributed by atoms with Crippen molar-refractivity contribution in [3.8, 4) is 11.5 Å². The Kier molecular flexibility index (Phi) is 4.22. The first kappa shape index (κ1) is 10.8. The third-order valence-electron chi connectivity index (χ3n) is 1.77. The fourth-order valence-electron chi connectivity index (χ4n) is 1.07. The largest absolute Gasteiger partial charge is 0.504 e. The van der Waals surface area contributed by atoms with E-state index in [4.69, 9.17) is 9.57 Å². The highest BCUT2D eigenvalue weighted by molar-refractivity contribution is 5.41. The third kappa shape index (κ3) is 2.90. The average molecular weight is 197 g/mol. The lowest BCUT2D eigenvalue weighted by atomic mass is 10.2. The van der Waals surface area contributed by atoms with Crippen LogP contribution in [-0.2, 0) is 11.4 Å². The lowest BCUT2D eigenvalue weighted by Crippen LogP contribution is -2.13. The van der Waals surface area contributed by atoms with Gasteiger partial charge in [-0.25, -0.2) is 0 Å². The zero-order chi connectivity index (χ0) is 10.4. The van der Waals surface area contributed by atoms with Crippen molar-refractivity contribution in [2.24, 2.45) is 0 Å². The summed E-state index contributed by atoms with van der Waals surface area (Å²) in [7, 11) is 1.52. The number of benzene rings is 1. The second-order valence-electron chi connectivity index (χ2n) is 2.76. The Bertz CT molecular complexity index is 289. The average Bonchev–Trinajstić information content (AvgIpc) is 2.21. The molecule has 0 heterocycles. The Morgan fingerprint density at radius 1 is 1.43 bits per heavy atom. The molecule has 0 aliphatic rings. The quantitative estimate of drug-likeness (QED) is 0.554. The maximum Gasteiger partial charge on any atom is 0.160 e. The standard InChI is InChI=1S/C10H15NO3/c1-3-14-11-7-8-4-5-9(12)10(6-8)13-2/h4-6,11-12H,3,7H2,1-2H3. The molecule has 0 spiro atoms. The molecule has 0 radical (unpaired) electrons. The number of hydrogen-bond acceptors (Lipinski definition) is 4. The Morgan fingerprint density at radius 2 is 2.21 bits per heavy atom. The number of phenols is 1. The van der Waals surface area contributed by atoms with Gasteiger partial charge in [-0.05, 0) is 24.6 Å². The maximum atomic E-state index is 9.33. The molecule has 0 atom stereocenters. The Labute approximate surface area is 83.4 Å². The van der Waals surface area contributed by atoms with E-state index in [9.17, 15) is 5.11 Å². The van der Waals surface area contributed by atoms with E-state index in [2.05, 4.69) is 5.48 Å². The first-order valence-corrected chi connectivity index (χ1v) is 4.48. The molecule has 1 rings (SSSR count). The fraction of sp³-hybridized carbons (Fsp3) is 0.400. The number of aromatic hydroxyl groups is 1. The molecule has 0 aliphatic heterocycles. The maximum absolute atomic E-state index is 9.33. The van der Waals surface area contributed by atoms with Crippen LogP contribution in [0.3, 0.4) is 0 Å². The molecular formula is C10H15NO3. The van der Waals surface area contributed by atoms with Crippen molar-refractivity contribution in [2.75, 3.05) is 13.7 Å². The minimum Gasteiger partial charge on any atom is -0.504 e. The monoisotopic (exact) mass is 197 g/mol. The van der Waals surface area contributed by atoms with Gasteiger partial charge in [0, 0.05) is 6.54 Å². The van der Waals surface area contributed by atoms with E-state index in [0.29, 0.717) is 18.9 Å². The van der Waals surface area contributed by atoms with Crippen LogP contribution in [0.25, 0.3) is 0 Å². The molecule has 4 nitrogen and oxygen atoms in total. The first-order valence-electron chi connectivity index (χ1n) is 4.48. The van der Waals surface area contributed by atoms with Gasteiger partial charge >= 0.3 is 0 Å². The fourth-order valence-corrected chi connectivity index (χ4v) is 1.07. The number of phenolic OH excluding ortho intramolecular Hbond substituents is 1. The van der Waals surface area contributed by atoms with Gasteiger partial charge in [0.25, 0.3) is 0 Å². The molecule has 0 saturated heterocycles. The van der Waals surface area contributed by atoms with Crippen LogP contribution in [0.5, 0.6) is 11.5 Å². The van der Waals surface area contributed by atoms with Gasteiger partial charge in [-0.1, -0.05) is 6.07 Å². The number of hydrogen-bond donors (Lipinski definition) is 2. The van der Waals surface area contributed by atoms with Crippen LogP contribution < -0.4 is 10.2 Å². The molecule has 0 aliphatic carbocycles. The summed E-state index contributed by atoms with van der Waals surface area (Å²) >= 11 is 0. The van der Waals surface area contributed by atoms with Crippen molar-refractivity contribution in [1.29, 1.82) is 0 Å². The molecule has 14 heavy (non-hydrogen) atoms. The van der Waals surface area contributed by atoms with Crippen molar-refractivity contribution in [2.45, 2.75) is 13.5 Å². The third-order valence-corrected chi connectivity index (χ3v) is 1.77. The van der Waals surface area contributed by atoms with E-state index in [1.807, 2.05) is 13.0 Å². The van der Waals surface area contributed by atoms with Crippen LogP contribution in [0.1, 0.15) is 12.5 Å². The number of ether oxygens (including phenoxy) is 1. The summed E-state index contributed by atoms with van der Waals surface area (Å²) in [4.78, 5) is 4.99. The molecule has 0 unspecified atom stereocenters. The van der Waals surface area contributed by atoms with Crippen LogP contribution in [0, 0.1) is 0 Å². The molecule has 0 aromatic heterocycles. The molecule has 2 N–H and O–H groups in total. The normalized spacial score (nSPS) is 10.1. The number of methoxy groups -OCH3 is 1. The summed E-state index contributed by atoms with van der Waals surface area (Å²) in [6.07, 6.45) is 0. The zero-order valence-electron chi connectivity index (χ0n) is 8.41. The van der Waals surface area contributed by atoms with Gasteiger partial charge in [-0.2, -0.15) is 5.48 Å². The topological polar surface area (TPSA) is 50.7 Å². The van der Waals surface area contributed by atoms with Crippen LogP contribution >= 0.6 is 0 Å². The van der Waals surface area contributed by atoms with Gasteiger partial charge in [0.2, 0.25) is 0 Å². The van der Waals surface area contributed by atoms with Crippen molar-refractivity contribution < 1.29 is 14.7 Å². The summed E-state index contributed by atoms with van der Waals surface area (Å²) in [6.45, 7) is 3.12. The first-order chi connectivity index (χ1) is 6.77. The van der Waals surface area contributed by atoms with Crippen molar-refractivity contribution in [1.82, 2.24) is 5.48 Å². The molecule has 0 fully saturated rings. The molecule has 1 aromatic carbocycles. The number of nitrogens with one attached hydrogen (secondary N) is 1. The molecular weight excluding hydrogens is 182 g/mol. The molecule has 0 amide bonds. The van der Waals surface area contributed by atoms with Gasteiger partial charge in [-0.3, -0.25) is 0 Å². The van der Waals surface area contributed by atoms with E-state index in [-0.39, 0.29) is 5.75 Å². The predicted octanol–water partition coefficient (Wildman–Crippen LogP) is 1.44. The van der Waals surface area contributed by atoms with Crippen LogP contribution in [0.2, 0.25) is 0 Å². The van der Waals surface area contributed by atoms with E-state index >= 15 is 0 Å². The van der Waals surface area contributed by atoms with E-state index in [0.717, 1.165) is 5.56 Å². The van der Waals surface area contributed by atoms with E-state index in [1.165, 1.54) is 7.11 Å². The van der Waals surface area contributed by atoms with Crippen molar-refractivity contribution in [3.05, 3.63) is 23.8 Å². The van der Waals surface area contributed by atoms with Crippen molar-refractivity contribution >= 4 is 0 Å².